The van der Waals surface area contributed by atoms with Gasteiger partial charge in [-0.05, 0) is 38.5 Å². The smallest absolute Gasteiger partial charge is 0.249 e. The van der Waals surface area contributed by atoms with Crippen LogP contribution < -0.4 is 5.32 Å². The number of carbonyl (C=O) groups excluding carboxylic acids is 1. The van der Waals surface area contributed by atoms with Gasteiger partial charge in [0.15, 0.2) is 0 Å². The van der Waals surface area contributed by atoms with Gasteiger partial charge in [-0.1, -0.05) is 12.8 Å². The fourth-order valence-corrected chi connectivity index (χ4v) is 3.22. The van der Waals surface area contributed by atoms with E-state index in [1.165, 1.54) is 12.8 Å². The molecule has 2 fully saturated rings. The zero-order valence-corrected chi connectivity index (χ0v) is 11.2. The van der Waals surface area contributed by atoms with E-state index in [4.69, 9.17) is 16.3 Å². The Bertz CT molecular complexity index is 272. The van der Waals surface area contributed by atoms with Gasteiger partial charge in [0.25, 0.3) is 0 Å². The topological polar surface area (TPSA) is 38.3 Å². The lowest BCUT2D eigenvalue weighted by Gasteiger charge is -2.31. The lowest BCUT2D eigenvalue weighted by Crippen LogP contribution is -2.46. The number of hydrogen-bond acceptors (Lipinski definition) is 2. The predicted octanol–water partition coefficient (Wildman–Crippen LogP) is 2.47. The summed E-state index contributed by atoms with van der Waals surface area (Å²) >= 11 is 5.96. The standard InChI is InChI=1S/C13H22ClNO2/c1-9-6-7-12(17-9)13(16)15-11-5-3-2-4-10(11)8-14/h9-12H,2-8H2,1H3,(H,15,16). The Labute approximate surface area is 108 Å². The van der Waals surface area contributed by atoms with E-state index in [9.17, 15) is 4.79 Å². The highest BCUT2D eigenvalue weighted by molar-refractivity contribution is 6.18. The molecule has 1 N–H and O–H groups in total. The number of halogens is 1. The zero-order chi connectivity index (χ0) is 12.3. The first-order valence-electron chi connectivity index (χ1n) is 6.72. The van der Waals surface area contributed by atoms with Gasteiger partial charge in [0.05, 0.1) is 6.10 Å². The average Bonchev–Trinajstić information content (AvgIpc) is 2.77. The van der Waals surface area contributed by atoms with E-state index >= 15 is 0 Å². The summed E-state index contributed by atoms with van der Waals surface area (Å²) < 4.78 is 5.59. The number of nitrogens with one attached hydrogen (secondary N) is 1. The summed E-state index contributed by atoms with van der Waals surface area (Å²) in [5.41, 5.74) is 0. The Balaban J connectivity index is 1.84. The third kappa shape index (κ3) is 3.35. The second-order valence-corrected chi connectivity index (χ2v) is 5.64. The minimum absolute atomic E-state index is 0.0661. The quantitative estimate of drug-likeness (QED) is 0.791. The van der Waals surface area contributed by atoms with Crippen molar-refractivity contribution in [2.24, 2.45) is 5.92 Å². The first-order valence-corrected chi connectivity index (χ1v) is 7.26. The van der Waals surface area contributed by atoms with Crippen LogP contribution in [0, 0.1) is 5.92 Å². The number of hydrogen-bond donors (Lipinski definition) is 1. The van der Waals surface area contributed by atoms with Crippen molar-refractivity contribution < 1.29 is 9.53 Å². The van der Waals surface area contributed by atoms with Crippen molar-refractivity contribution in [1.82, 2.24) is 5.32 Å². The molecule has 2 rings (SSSR count). The van der Waals surface area contributed by atoms with Gasteiger partial charge in [0.1, 0.15) is 6.10 Å². The van der Waals surface area contributed by atoms with Crippen LogP contribution in [-0.4, -0.2) is 30.0 Å². The summed E-state index contributed by atoms with van der Waals surface area (Å²) in [6.07, 6.45) is 6.46. The first kappa shape index (κ1) is 13.2. The van der Waals surface area contributed by atoms with E-state index in [2.05, 4.69) is 5.32 Å². The highest BCUT2D eigenvalue weighted by atomic mass is 35.5. The van der Waals surface area contributed by atoms with Crippen molar-refractivity contribution in [3.05, 3.63) is 0 Å². The number of carbonyl (C=O) groups is 1. The molecule has 1 saturated heterocycles. The highest BCUT2D eigenvalue weighted by Crippen LogP contribution is 2.26. The van der Waals surface area contributed by atoms with Gasteiger partial charge in [-0.25, -0.2) is 0 Å². The third-order valence-corrected chi connectivity index (χ3v) is 4.36. The monoisotopic (exact) mass is 259 g/mol. The van der Waals surface area contributed by atoms with E-state index in [-0.39, 0.29) is 24.2 Å². The Hall–Kier alpha value is -0.280. The first-order chi connectivity index (χ1) is 8.20. The molecule has 2 aliphatic rings. The maximum atomic E-state index is 12.0. The minimum atomic E-state index is -0.233. The molecular formula is C13H22ClNO2. The van der Waals surface area contributed by atoms with Gasteiger partial charge < -0.3 is 10.1 Å². The van der Waals surface area contributed by atoms with Crippen molar-refractivity contribution in [2.75, 3.05) is 5.88 Å². The second-order valence-electron chi connectivity index (χ2n) is 5.33. The van der Waals surface area contributed by atoms with Crippen LogP contribution in [0.5, 0.6) is 0 Å². The highest BCUT2D eigenvalue weighted by Gasteiger charge is 2.32. The van der Waals surface area contributed by atoms with Gasteiger partial charge in [0, 0.05) is 11.9 Å². The van der Waals surface area contributed by atoms with Crippen molar-refractivity contribution in [1.29, 1.82) is 0 Å². The van der Waals surface area contributed by atoms with Crippen LogP contribution in [0.3, 0.4) is 0 Å². The molecule has 0 spiro atoms. The van der Waals surface area contributed by atoms with Gasteiger partial charge in [-0.2, -0.15) is 0 Å². The van der Waals surface area contributed by atoms with E-state index < -0.39 is 0 Å². The van der Waals surface area contributed by atoms with Crippen LogP contribution >= 0.6 is 11.6 Å². The van der Waals surface area contributed by atoms with E-state index in [0.717, 1.165) is 25.7 Å². The summed E-state index contributed by atoms with van der Waals surface area (Å²) in [6.45, 7) is 2.02. The maximum Gasteiger partial charge on any atom is 0.249 e. The van der Waals surface area contributed by atoms with Crippen LogP contribution in [0.2, 0.25) is 0 Å². The summed E-state index contributed by atoms with van der Waals surface area (Å²) in [5.74, 6) is 1.15. The van der Waals surface area contributed by atoms with Gasteiger partial charge in [-0.15, -0.1) is 11.6 Å². The SMILES string of the molecule is CC1CCC(C(=O)NC2CCCCC2CCl)O1. The summed E-state index contributed by atoms with van der Waals surface area (Å²) in [5, 5.41) is 3.13. The molecule has 0 aromatic rings. The van der Waals surface area contributed by atoms with Gasteiger partial charge >= 0.3 is 0 Å². The van der Waals surface area contributed by atoms with Crippen LogP contribution in [0.4, 0.5) is 0 Å². The number of amides is 1. The third-order valence-electron chi connectivity index (χ3n) is 3.96. The van der Waals surface area contributed by atoms with Crippen molar-refractivity contribution in [3.8, 4) is 0 Å². The molecule has 0 aromatic heterocycles. The van der Waals surface area contributed by atoms with E-state index in [1.54, 1.807) is 0 Å². The summed E-state index contributed by atoms with van der Waals surface area (Å²) in [4.78, 5) is 12.0. The summed E-state index contributed by atoms with van der Waals surface area (Å²) in [7, 11) is 0. The molecule has 17 heavy (non-hydrogen) atoms. The zero-order valence-electron chi connectivity index (χ0n) is 10.5. The number of alkyl halides is 1. The Morgan fingerprint density at radius 1 is 1.29 bits per heavy atom. The molecule has 1 aliphatic heterocycles. The normalized spacial score (nSPS) is 38.0. The lowest BCUT2D eigenvalue weighted by molar-refractivity contribution is -0.133. The molecule has 3 nitrogen and oxygen atoms in total. The summed E-state index contributed by atoms with van der Waals surface area (Å²) in [6, 6.07) is 0.258. The van der Waals surface area contributed by atoms with Crippen LogP contribution in [0.25, 0.3) is 0 Å². The predicted molar refractivity (Wildman–Crippen MR) is 68.2 cm³/mol. The Kier molecular flexibility index (Phi) is 4.69. The average molecular weight is 260 g/mol. The lowest BCUT2D eigenvalue weighted by atomic mass is 9.85. The molecule has 1 amide bonds. The molecule has 1 saturated carbocycles. The van der Waals surface area contributed by atoms with Crippen LogP contribution in [0.1, 0.15) is 45.4 Å². The maximum absolute atomic E-state index is 12.0. The number of ether oxygens (including phenoxy) is 1. The number of rotatable bonds is 3. The molecular weight excluding hydrogens is 238 g/mol. The molecule has 0 aromatic carbocycles. The largest absolute Gasteiger partial charge is 0.365 e. The molecule has 0 bridgehead atoms. The molecule has 4 atom stereocenters. The minimum Gasteiger partial charge on any atom is -0.365 e. The van der Waals surface area contributed by atoms with Gasteiger partial charge in [0.2, 0.25) is 5.91 Å². The second kappa shape index (κ2) is 6.05. The van der Waals surface area contributed by atoms with Crippen LogP contribution in [-0.2, 0) is 9.53 Å². The molecule has 4 heteroatoms. The molecule has 1 aliphatic carbocycles. The van der Waals surface area contributed by atoms with Crippen molar-refractivity contribution in [2.45, 2.75) is 63.7 Å². The Morgan fingerprint density at radius 3 is 2.71 bits per heavy atom. The van der Waals surface area contributed by atoms with Crippen molar-refractivity contribution in [3.63, 3.8) is 0 Å². The fourth-order valence-electron chi connectivity index (χ4n) is 2.85. The molecule has 98 valence electrons. The molecule has 0 radical (unpaired) electrons. The van der Waals surface area contributed by atoms with Gasteiger partial charge in [-0.3, -0.25) is 4.79 Å². The fraction of sp³-hybridized carbons (Fsp3) is 0.923. The van der Waals surface area contributed by atoms with E-state index in [0.29, 0.717) is 11.8 Å². The van der Waals surface area contributed by atoms with Crippen LogP contribution in [0.15, 0.2) is 0 Å². The van der Waals surface area contributed by atoms with Crippen molar-refractivity contribution >= 4 is 17.5 Å². The Morgan fingerprint density at radius 2 is 2.06 bits per heavy atom. The molecule has 1 heterocycles. The molecule has 4 unspecified atom stereocenters. The van der Waals surface area contributed by atoms with E-state index in [1.807, 2.05) is 6.92 Å².